The number of halogens is 3. The third-order valence-electron chi connectivity index (χ3n) is 3.30. The number of carbonyl (C=O) groups excluding carboxylic acids is 1. The molecule has 1 aliphatic rings. The third kappa shape index (κ3) is 3.07. The fourth-order valence-corrected chi connectivity index (χ4v) is 1.99. The minimum Gasteiger partial charge on any atom is -0.480 e. The van der Waals surface area contributed by atoms with Crippen LogP contribution in [0.25, 0.3) is 0 Å². The molecule has 0 heterocycles. The number of alkyl halides is 2. The van der Waals surface area contributed by atoms with Crippen LogP contribution in [0.4, 0.5) is 14.5 Å². The molecule has 1 saturated carbocycles. The van der Waals surface area contributed by atoms with Crippen LogP contribution < -0.4 is 10.1 Å². The second kappa shape index (κ2) is 5.14. The lowest BCUT2D eigenvalue weighted by molar-refractivity contribution is -0.139. The van der Waals surface area contributed by atoms with Crippen LogP contribution in [0.1, 0.15) is 13.3 Å². The maximum absolute atomic E-state index is 13.1. The van der Waals surface area contributed by atoms with Crippen LogP contribution in [0.3, 0.4) is 0 Å². The normalized spacial score (nSPS) is 22.5. The zero-order chi connectivity index (χ0) is 15.8. The Labute approximate surface area is 123 Å². The standard InChI is InChI=1S/C13H12ClF2NO4/c1-12(6-13(12,15)16)11(20)17-7-2-3-9(8(14)4-7)21-5-10(18)19/h2-4H,5-6H2,1H3,(H,17,20)(H,18,19). The number of carboxylic acid groups (broad SMARTS) is 1. The molecule has 0 radical (unpaired) electrons. The van der Waals surface area contributed by atoms with Crippen molar-refractivity contribution in [2.24, 2.45) is 5.41 Å². The number of anilines is 1. The number of aliphatic carboxylic acids is 1. The molecule has 1 aromatic rings. The van der Waals surface area contributed by atoms with E-state index in [2.05, 4.69) is 5.32 Å². The summed E-state index contributed by atoms with van der Waals surface area (Å²) in [6, 6.07) is 4.06. The minimum absolute atomic E-state index is 0.0711. The highest BCUT2D eigenvalue weighted by atomic mass is 35.5. The highest BCUT2D eigenvalue weighted by Gasteiger charge is 2.72. The summed E-state index contributed by atoms with van der Waals surface area (Å²) in [6.45, 7) is 0.629. The predicted octanol–water partition coefficient (Wildman–Crippen LogP) is 2.79. The molecule has 0 bridgehead atoms. The first-order chi connectivity index (χ1) is 9.65. The molecule has 2 rings (SSSR count). The minimum atomic E-state index is -2.99. The van der Waals surface area contributed by atoms with Gasteiger partial charge in [0.2, 0.25) is 5.91 Å². The Hall–Kier alpha value is -1.89. The highest BCUT2D eigenvalue weighted by Crippen LogP contribution is 2.60. The van der Waals surface area contributed by atoms with Gasteiger partial charge in [0.1, 0.15) is 11.2 Å². The maximum atomic E-state index is 13.1. The van der Waals surface area contributed by atoms with E-state index >= 15 is 0 Å². The van der Waals surface area contributed by atoms with Gasteiger partial charge in [0.05, 0.1) is 5.02 Å². The average Bonchev–Trinajstić information content (AvgIpc) is 2.88. The number of carbonyl (C=O) groups is 2. The second-order valence-corrected chi connectivity index (χ2v) is 5.40. The van der Waals surface area contributed by atoms with Gasteiger partial charge in [0.25, 0.3) is 5.92 Å². The van der Waals surface area contributed by atoms with Crippen molar-refractivity contribution < 1.29 is 28.2 Å². The van der Waals surface area contributed by atoms with Crippen LogP contribution >= 0.6 is 11.6 Å². The smallest absolute Gasteiger partial charge is 0.341 e. The monoisotopic (exact) mass is 319 g/mol. The van der Waals surface area contributed by atoms with E-state index in [-0.39, 0.29) is 16.5 Å². The fraction of sp³-hybridized carbons (Fsp3) is 0.385. The zero-order valence-electron chi connectivity index (χ0n) is 11.0. The zero-order valence-corrected chi connectivity index (χ0v) is 11.7. The summed E-state index contributed by atoms with van der Waals surface area (Å²) in [5.74, 6) is -4.82. The Morgan fingerprint density at radius 3 is 2.57 bits per heavy atom. The molecule has 1 aromatic carbocycles. The summed E-state index contributed by atoms with van der Waals surface area (Å²) in [6.07, 6.45) is -0.487. The summed E-state index contributed by atoms with van der Waals surface area (Å²) in [4.78, 5) is 22.2. The fourth-order valence-electron chi connectivity index (χ4n) is 1.75. The van der Waals surface area contributed by atoms with Crippen molar-refractivity contribution in [2.75, 3.05) is 11.9 Å². The number of rotatable bonds is 5. The lowest BCUT2D eigenvalue weighted by Crippen LogP contribution is -2.26. The largest absolute Gasteiger partial charge is 0.480 e. The Kier molecular flexibility index (Phi) is 3.79. The predicted molar refractivity (Wildman–Crippen MR) is 70.9 cm³/mol. The molecule has 1 atom stereocenters. The molecule has 8 heteroatoms. The van der Waals surface area contributed by atoms with Crippen LogP contribution in [0.15, 0.2) is 18.2 Å². The number of carboxylic acids is 1. The van der Waals surface area contributed by atoms with Gasteiger partial charge in [-0.25, -0.2) is 13.6 Å². The van der Waals surface area contributed by atoms with Gasteiger partial charge >= 0.3 is 5.97 Å². The Morgan fingerprint density at radius 2 is 2.10 bits per heavy atom. The van der Waals surface area contributed by atoms with Gasteiger partial charge in [-0.1, -0.05) is 11.6 Å². The lowest BCUT2D eigenvalue weighted by Gasteiger charge is -2.12. The van der Waals surface area contributed by atoms with E-state index in [9.17, 15) is 18.4 Å². The van der Waals surface area contributed by atoms with Crippen molar-refractivity contribution in [3.05, 3.63) is 23.2 Å². The third-order valence-corrected chi connectivity index (χ3v) is 3.60. The molecule has 1 fully saturated rings. The Balaban J connectivity index is 2.04. The van der Waals surface area contributed by atoms with Gasteiger partial charge in [-0.3, -0.25) is 4.79 Å². The summed E-state index contributed by atoms with van der Waals surface area (Å²) < 4.78 is 31.1. The quantitative estimate of drug-likeness (QED) is 0.875. The van der Waals surface area contributed by atoms with E-state index in [4.69, 9.17) is 21.4 Å². The first kappa shape index (κ1) is 15.5. The number of nitrogens with one attached hydrogen (secondary N) is 1. The van der Waals surface area contributed by atoms with Crippen LogP contribution in [-0.4, -0.2) is 29.5 Å². The van der Waals surface area contributed by atoms with Gasteiger partial charge in [0.15, 0.2) is 6.61 Å². The molecule has 0 saturated heterocycles. The molecule has 21 heavy (non-hydrogen) atoms. The van der Waals surface area contributed by atoms with E-state index in [0.29, 0.717) is 0 Å². The van der Waals surface area contributed by atoms with E-state index < -0.39 is 36.2 Å². The maximum Gasteiger partial charge on any atom is 0.341 e. The summed E-state index contributed by atoms with van der Waals surface area (Å²) >= 11 is 5.86. The van der Waals surface area contributed by atoms with Gasteiger partial charge < -0.3 is 15.2 Å². The van der Waals surface area contributed by atoms with Crippen molar-refractivity contribution in [2.45, 2.75) is 19.3 Å². The Morgan fingerprint density at radius 1 is 1.48 bits per heavy atom. The van der Waals surface area contributed by atoms with Crippen LogP contribution in [0.5, 0.6) is 5.75 Å². The SMILES string of the molecule is CC1(C(=O)Nc2ccc(OCC(=O)O)c(Cl)c2)CC1(F)F. The van der Waals surface area contributed by atoms with Crippen molar-refractivity contribution >= 4 is 29.2 Å². The van der Waals surface area contributed by atoms with Gasteiger partial charge in [-0.15, -0.1) is 0 Å². The number of benzene rings is 1. The molecule has 114 valence electrons. The molecular formula is C13H12ClF2NO4. The van der Waals surface area contributed by atoms with Gasteiger partial charge in [-0.2, -0.15) is 0 Å². The lowest BCUT2D eigenvalue weighted by atomic mass is 10.1. The molecule has 0 aliphatic heterocycles. The Bertz CT molecular complexity index is 608. The first-order valence-electron chi connectivity index (χ1n) is 5.99. The second-order valence-electron chi connectivity index (χ2n) is 5.00. The van der Waals surface area contributed by atoms with E-state index in [1.54, 1.807) is 0 Å². The first-order valence-corrected chi connectivity index (χ1v) is 6.37. The highest BCUT2D eigenvalue weighted by molar-refractivity contribution is 6.32. The molecule has 1 aliphatic carbocycles. The number of amides is 1. The molecule has 1 unspecified atom stereocenters. The van der Waals surface area contributed by atoms with Crippen LogP contribution in [0.2, 0.25) is 5.02 Å². The topological polar surface area (TPSA) is 75.6 Å². The van der Waals surface area contributed by atoms with E-state index in [0.717, 1.165) is 0 Å². The molecular weight excluding hydrogens is 308 g/mol. The molecule has 1 amide bonds. The average molecular weight is 320 g/mol. The number of ether oxygens (including phenoxy) is 1. The molecule has 2 N–H and O–H groups in total. The molecule has 5 nitrogen and oxygen atoms in total. The summed E-state index contributed by atoms with van der Waals surface area (Å²) in [5, 5.41) is 10.9. The van der Waals surface area contributed by atoms with Crippen molar-refractivity contribution in [1.29, 1.82) is 0 Å². The molecule has 0 spiro atoms. The van der Waals surface area contributed by atoms with Crippen molar-refractivity contribution in [1.82, 2.24) is 0 Å². The van der Waals surface area contributed by atoms with Crippen LogP contribution in [0, 0.1) is 5.41 Å². The van der Waals surface area contributed by atoms with Crippen LogP contribution in [-0.2, 0) is 9.59 Å². The molecule has 0 aromatic heterocycles. The van der Waals surface area contributed by atoms with Crippen molar-refractivity contribution in [3.8, 4) is 5.75 Å². The van der Waals surface area contributed by atoms with Gasteiger partial charge in [-0.05, 0) is 25.1 Å². The van der Waals surface area contributed by atoms with E-state index in [1.807, 2.05) is 0 Å². The van der Waals surface area contributed by atoms with E-state index in [1.165, 1.54) is 25.1 Å². The summed E-state index contributed by atoms with van der Waals surface area (Å²) in [5.41, 5.74) is -1.46. The number of hydrogen-bond acceptors (Lipinski definition) is 3. The van der Waals surface area contributed by atoms with Gasteiger partial charge in [0, 0.05) is 12.1 Å². The number of hydrogen-bond donors (Lipinski definition) is 2. The summed E-state index contributed by atoms with van der Waals surface area (Å²) in [7, 11) is 0. The van der Waals surface area contributed by atoms with Crippen molar-refractivity contribution in [3.63, 3.8) is 0 Å².